The van der Waals surface area contributed by atoms with Gasteiger partial charge in [0.15, 0.2) is 0 Å². The molecule has 0 heterocycles. The van der Waals surface area contributed by atoms with Crippen LogP contribution < -0.4 is 15.8 Å². The van der Waals surface area contributed by atoms with E-state index in [0.29, 0.717) is 5.75 Å². The first kappa shape index (κ1) is 11.0. The molecule has 1 rings (SSSR count). The lowest BCUT2D eigenvalue weighted by Gasteiger charge is -2.08. The van der Waals surface area contributed by atoms with E-state index in [2.05, 4.69) is 0 Å². The van der Waals surface area contributed by atoms with Gasteiger partial charge in [-0.15, -0.1) is 0 Å². The molecular weight excluding hydrogens is 196 g/mol. The maximum Gasteiger partial charge on any atom is 0.319 e. The van der Waals surface area contributed by atoms with Crippen LogP contribution in [0.3, 0.4) is 0 Å². The lowest BCUT2D eigenvalue weighted by molar-refractivity contribution is 0.0963. The smallest absolute Gasteiger partial charge is 0.319 e. The fraction of sp³-hybridized carbons (Fsp3) is 0.200. The van der Waals surface area contributed by atoms with Crippen LogP contribution in [0.1, 0.15) is 15.9 Å². The van der Waals surface area contributed by atoms with Crippen molar-refractivity contribution in [2.45, 2.75) is 6.92 Å². The molecule has 80 valence electrons. The van der Waals surface area contributed by atoms with E-state index in [4.69, 9.17) is 10.5 Å². The maximum atomic E-state index is 11.5. The van der Waals surface area contributed by atoms with Gasteiger partial charge in [0, 0.05) is 0 Å². The molecule has 0 atom stereocenters. The summed E-state index contributed by atoms with van der Waals surface area (Å²) in [6, 6.07) is 4.20. The monoisotopic (exact) mass is 208 g/mol. The lowest BCUT2D eigenvalue weighted by atomic mass is 10.1. The number of rotatable bonds is 2. The summed E-state index contributed by atoms with van der Waals surface area (Å²) in [6.45, 7) is 1.83. The Balaban J connectivity index is 3.05. The number of ether oxygens (including phenoxy) is 1. The number of hydrogen-bond donors (Lipinski definition) is 2. The zero-order chi connectivity index (χ0) is 11.4. The van der Waals surface area contributed by atoms with Crippen molar-refractivity contribution in [3.63, 3.8) is 0 Å². The third-order valence-electron chi connectivity index (χ3n) is 1.84. The van der Waals surface area contributed by atoms with E-state index in [-0.39, 0.29) is 5.56 Å². The molecule has 1 aromatic rings. The molecule has 0 unspecified atom stereocenters. The summed E-state index contributed by atoms with van der Waals surface area (Å²) < 4.78 is 4.99. The summed E-state index contributed by atoms with van der Waals surface area (Å²) in [5, 5.41) is 1.98. The molecule has 15 heavy (non-hydrogen) atoms. The van der Waals surface area contributed by atoms with Crippen LogP contribution in [-0.4, -0.2) is 19.0 Å². The molecule has 5 nitrogen and oxygen atoms in total. The maximum absolute atomic E-state index is 11.5. The second kappa shape index (κ2) is 4.45. The van der Waals surface area contributed by atoms with E-state index in [0.717, 1.165) is 5.56 Å². The van der Waals surface area contributed by atoms with Crippen LogP contribution in [0.5, 0.6) is 5.75 Å². The minimum Gasteiger partial charge on any atom is -0.496 e. The van der Waals surface area contributed by atoms with Gasteiger partial charge in [0.25, 0.3) is 5.91 Å². The summed E-state index contributed by atoms with van der Waals surface area (Å²) in [5.74, 6) is -0.164. The van der Waals surface area contributed by atoms with Gasteiger partial charge in [0.05, 0.1) is 12.7 Å². The molecule has 0 bridgehead atoms. The molecule has 5 heteroatoms. The second-order valence-electron chi connectivity index (χ2n) is 3.02. The van der Waals surface area contributed by atoms with Crippen LogP contribution in [0.2, 0.25) is 0 Å². The zero-order valence-corrected chi connectivity index (χ0v) is 8.53. The van der Waals surface area contributed by atoms with Gasteiger partial charge < -0.3 is 10.5 Å². The first-order valence-corrected chi connectivity index (χ1v) is 4.30. The third-order valence-corrected chi connectivity index (χ3v) is 1.84. The zero-order valence-electron chi connectivity index (χ0n) is 8.53. The van der Waals surface area contributed by atoms with Crippen molar-refractivity contribution >= 4 is 11.9 Å². The predicted octanol–water partition coefficient (Wildman–Crippen LogP) is 0.812. The number of carbonyl (C=O) groups is 2. The number of imide groups is 1. The Bertz CT molecular complexity index is 402. The van der Waals surface area contributed by atoms with E-state index >= 15 is 0 Å². The third kappa shape index (κ3) is 2.70. The molecule has 0 aliphatic carbocycles. The Hall–Kier alpha value is -2.04. The first-order valence-electron chi connectivity index (χ1n) is 4.30. The molecule has 0 fully saturated rings. The predicted molar refractivity (Wildman–Crippen MR) is 54.8 cm³/mol. The van der Waals surface area contributed by atoms with Gasteiger partial charge >= 0.3 is 6.03 Å². The SMILES string of the molecule is COc1ccc(C)cc1C(=O)NC(N)=O. The van der Waals surface area contributed by atoms with Crippen molar-refractivity contribution in [2.24, 2.45) is 5.73 Å². The summed E-state index contributed by atoms with van der Waals surface area (Å²) in [4.78, 5) is 22.0. The van der Waals surface area contributed by atoms with Crippen molar-refractivity contribution < 1.29 is 14.3 Å². The molecular formula is C10H12N2O3. The van der Waals surface area contributed by atoms with Crippen molar-refractivity contribution in [3.05, 3.63) is 29.3 Å². The van der Waals surface area contributed by atoms with Gasteiger partial charge in [-0.05, 0) is 19.1 Å². The highest BCUT2D eigenvalue weighted by molar-refractivity contribution is 6.05. The highest BCUT2D eigenvalue weighted by Crippen LogP contribution is 2.19. The second-order valence-corrected chi connectivity index (χ2v) is 3.02. The highest BCUT2D eigenvalue weighted by Gasteiger charge is 2.13. The Morgan fingerprint density at radius 1 is 1.40 bits per heavy atom. The number of carbonyl (C=O) groups excluding carboxylic acids is 2. The molecule has 1 aromatic carbocycles. The standard InChI is InChI=1S/C10H12N2O3/c1-6-3-4-8(15-2)7(5-6)9(13)12-10(11)14/h3-5H,1-2H3,(H3,11,12,13,14). The molecule has 0 saturated heterocycles. The van der Waals surface area contributed by atoms with E-state index in [9.17, 15) is 9.59 Å². The number of methoxy groups -OCH3 is 1. The number of aryl methyl sites for hydroxylation is 1. The minimum absolute atomic E-state index is 0.288. The van der Waals surface area contributed by atoms with E-state index < -0.39 is 11.9 Å². The first-order chi connectivity index (χ1) is 7.04. The largest absolute Gasteiger partial charge is 0.496 e. The van der Waals surface area contributed by atoms with Crippen LogP contribution in [0, 0.1) is 6.92 Å². The fourth-order valence-electron chi connectivity index (χ4n) is 1.18. The van der Waals surface area contributed by atoms with Crippen LogP contribution in [-0.2, 0) is 0 Å². The highest BCUT2D eigenvalue weighted by atomic mass is 16.5. The quantitative estimate of drug-likeness (QED) is 0.754. The lowest BCUT2D eigenvalue weighted by Crippen LogP contribution is -2.35. The van der Waals surface area contributed by atoms with Gasteiger partial charge in [-0.1, -0.05) is 11.6 Å². The molecule has 3 amide bonds. The van der Waals surface area contributed by atoms with E-state index in [1.165, 1.54) is 7.11 Å². The number of nitrogens with one attached hydrogen (secondary N) is 1. The topological polar surface area (TPSA) is 81.4 Å². The fourth-order valence-corrected chi connectivity index (χ4v) is 1.18. The minimum atomic E-state index is -0.886. The molecule has 0 aromatic heterocycles. The van der Waals surface area contributed by atoms with Gasteiger partial charge in [-0.2, -0.15) is 0 Å². The van der Waals surface area contributed by atoms with Crippen molar-refractivity contribution in [1.29, 1.82) is 0 Å². The molecule has 3 N–H and O–H groups in total. The van der Waals surface area contributed by atoms with Gasteiger partial charge in [0.1, 0.15) is 5.75 Å². The van der Waals surface area contributed by atoms with Gasteiger partial charge in [-0.25, -0.2) is 4.79 Å². The van der Waals surface area contributed by atoms with E-state index in [1.807, 2.05) is 12.2 Å². The molecule has 0 radical (unpaired) electrons. The summed E-state index contributed by atoms with van der Waals surface area (Å²) in [6.07, 6.45) is 0. The normalized spacial score (nSPS) is 9.47. The average molecular weight is 208 g/mol. The van der Waals surface area contributed by atoms with Crippen LogP contribution in [0.25, 0.3) is 0 Å². The summed E-state index contributed by atoms with van der Waals surface area (Å²) >= 11 is 0. The Labute approximate surface area is 87.2 Å². The average Bonchev–Trinajstić information content (AvgIpc) is 2.16. The molecule has 0 aliphatic heterocycles. The summed E-state index contributed by atoms with van der Waals surface area (Å²) in [5.41, 5.74) is 6.03. The summed E-state index contributed by atoms with van der Waals surface area (Å²) in [7, 11) is 1.45. The van der Waals surface area contributed by atoms with Gasteiger partial charge in [0.2, 0.25) is 0 Å². The number of primary amides is 1. The van der Waals surface area contributed by atoms with Crippen molar-refractivity contribution in [3.8, 4) is 5.75 Å². The van der Waals surface area contributed by atoms with Crippen molar-refractivity contribution in [2.75, 3.05) is 7.11 Å². The van der Waals surface area contributed by atoms with Crippen LogP contribution in [0.15, 0.2) is 18.2 Å². The van der Waals surface area contributed by atoms with E-state index in [1.54, 1.807) is 18.2 Å². The molecule has 0 spiro atoms. The Morgan fingerprint density at radius 2 is 2.07 bits per heavy atom. The Kier molecular flexibility index (Phi) is 3.28. The number of benzene rings is 1. The molecule has 0 saturated carbocycles. The number of nitrogens with two attached hydrogens (primary N) is 1. The van der Waals surface area contributed by atoms with Crippen LogP contribution >= 0.6 is 0 Å². The van der Waals surface area contributed by atoms with Crippen LogP contribution in [0.4, 0.5) is 4.79 Å². The number of hydrogen-bond acceptors (Lipinski definition) is 3. The molecule has 0 aliphatic rings. The number of urea groups is 1. The van der Waals surface area contributed by atoms with Gasteiger partial charge in [-0.3, -0.25) is 10.1 Å². The Morgan fingerprint density at radius 3 is 2.60 bits per heavy atom. The van der Waals surface area contributed by atoms with Crippen molar-refractivity contribution in [1.82, 2.24) is 5.32 Å². The number of amides is 3.